The molecule has 2 heterocycles. The summed E-state index contributed by atoms with van der Waals surface area (Å²) in [6.45, 7) is 0.472. The molecule has 3 atom stereocenters. The van der Waals surface area contributed by atoms with Gasteiger partial charge < -0.3 is 21.7 Å². The van der Waals surface area contributed by atoms with Crippen molar-refractivity contribution in [1.29, 1.82) is 5.26 Å². The molecule has 0 radical (unpaired) electrons. The summed E-state index contributed by atoms with van der Waals surface area (Å²) in [6, 6.07) is 15.7. The number of rotatable bonds is 10. The second-order valence-corrected chi connectivity index (χ2v) is 9.70. The van der Waals surface area contributed by atoms with Gasteiger partial charge in [0.15, 0.2) is 5.82 Å². The van der Waals surface area contributed by atoms with Crippen LogP contribution in [0.1, 0.15) is 56.9 Å². The molecular formula is C26H27N9O3. The van der Waals surface area contributed by atoms with Gasteiger partial charge in [-0.15, -0.1) is 10.2 Å². The van der Waals surface area contributed by atoms with E-state index in [1.807, 2.05) is 0 Å². The van der Waals surface area contributed by atoms with E-state index in [0.717, 1.165) is 24.0 Å². The lowest BCUT2D eigenvalue weighted by molar-refractivity contribution is -0.131. The van der Waals surface area contributed by atoms with Crippen LogP contribution in [-0.4, -0.2) is 68.4 Å². The predicted octanol–water partition coefficient (Wildman–Crippen LogP) is 0.225. The lowest BCUT2D eigenvalue weighted by Gasteiger charge is -2.32. The van der Waals surface area contributed by atoms with E-state index in [0.29, 0.717) is 35.8 Å². The molecule has 0 spiro atoms. The quantitative estimate of drug-likeness (QED) is 0.276. The molecule has 12 heteroatoms. The zero-order valence-corrected chi connectivity index (χ0v) is 20.5. The molecular weight excluding hydrogens is 486 g/mol. The molecule has 3 amide bonds. The number of nitrogens with two attached hydrogens (primary N) is 2. The minimum Gasteiger partial charge on any atom is -0.366 e. The fourth-order valence-corrected chi connectivity index (χ4v) is 5.50. The number of nitriles is 1. The highest BCUT2D eigenvalue weighted by atomic mass is 16.2. The van der Waals surface area contributed by atoms with Gasteiger partial charge in [-0.1, -0.05) is 29.5 Å². The number of hydrogen-bond acceptors (Lipinski definition) is 8. The first kappa shape index (κ1) is 25.0. The molecule has 6 N–H and O–H groups in total. The van der Waals surface area contributed by atoms with Crippen molar-refractivity contribution in [1.82, 2.24) is 30.8 Å². The summed E-state index contributed by atoms with van der Waals surface area (Å²) in [5, 5.41) is 27.5. The van der Waals surface area contributed by atoms with Crippen LogP contribution in [0.2, 0.25) is 0 Å². The molecule has 0 unspecified atom stereocenters. The van der Waals surface area contributed by atoms with Crippen LogP contribution in [0.5, 0.6) is 0 Å². The fourth-order valence-electron chi connectivity index (χ4n) is 5.50. The van der Waals surface area contributed by atoms with Gasteiger partial charge in [-0.2, -0.15) is 10.5 Å². The average molecular weight is 514 g/mol. The lowest BCUT2D eigenvalue weighted by atomic mass is 9.71. The maximum atomic E-state index is 12.9. The van der Waals surface area contributed by atoms with Gasteiger partial charge in [-0.25, -0.2) is 0 Å². The zero-order chi connectivity index (χ0) is 26.9. The van der Waals surface area contributed by atoms with Crippen LogP contribution in [0.25, 0.3) is 0 Å². The van der Waals surface area contributed by atoms with E-state index in [9.17, 15) is 19.6 Å². The smallest absolute Gasteiger partial charge is 0.248 e. The van der Waals surface area contributed by atoms with Crippen molar-refractivity contribution >= 4 is 17.7 Å². The van der Waals surface area contributed by atoms with Gasteiger partial charge in [0.05, 0.1) is 18.0 Å². The molecule has 194 valence electrons. The standard InChI is InChI=1S/C26H27N9O3/c27-13-20-11-17-12-21(17)35(20)22(36)14-30-10-9-26(25-31-33-34-32-25,18-5-1-15(2-6-18)23(28)37)19-7-3-16(4-8-19)24(29)38/h1-8,17,20-21,30H,9-12,14H2,(H2,28,37)(H2,29,38)(H,31,32,33,34)/t17-,20+,21+/m1/s1. The van der Waals surface area contributed by atoms with Crippen molar-refractivity contribution in [2.75, 3.05) is 13.1 Å². The number of nitrogens with zero attached hydrogens (tertiary/aromatic N) is 5. The first-order valence-corrected chi connectivity index (χ1v) is 12.3. The number of tetrazole rings is 1. The average Bonchev–Trinajstić information content (AvgIpc) is 3.29. The minimum absolute atomic E-state index is 0.0882. The summed E-state index contributed by atoms with van der Waals surface area (Å²) >= 11 is 0. The highest BCUT2D eigenvalue weighted by molar-refractivity contribution is 5.93. The molecule has 1 aliphatic heterocycles. The van der Waals surface area contributed by atoms with Crippen LogP contribution in [0.4, 0.5) is 0 Å². The van der Waals surface area contributed by atoms with Crippen LogP contribution in [0.3, 0.4) is 0 Å². The summed E-state index contributed by atoms with van der Waals surface area (Å²) in [5.41, 5.74) is 12.1. The normalized spacial score (nSPS) is 20.0. The third kappa shape index (κ3) is 4.48. The fraction of sp³-hybridized carbons (Fsp3) is 0.346. The molecule has 1 saturated carbocycles. The Balaban J connectivity index is 1.44. The Bertz CT molecular complexity index is 1320. The molecule has 1 aromatic heterocycles. The van der Waals surface area contributed by atoms with Crippen LogP contribution in [0, 0.1) is 17.2 Å². The number of primary amides is 2. The van der Waals surface area contributed by atoms with E-state index in [1.54, 1.807) is 53.4 Å². The molecule has 2 aliphatic rings. The number of carbonyl (C=O) groups is 3. The second kappa shape index (κ2) is 10.0. The molecule has 38 heavy (non-hydrogen) atoms. The van der Waals surface area contributed by atoms with Gasteiger partial charge in [0.25, 0.3) is 0 Å². The number of likely N-dealkylation sites (tertiary alicyclic amines) is 1. The van der Waals surface area contributed by atoms with Crippen molar-refractivity contribution in [3.05, 3.63) is 76.6 Å². The van der Waals surface area contributed by atoms with Crippen molar-refractivity contribution in [2.24, 2.45) is 17.4 Å². The number of nitrogens with one attached hydrogen (secondary N) is 2. The second-order valence-electron chi connectivity index (χ2n) is 9.70. The number of benzene rings is 2. The van der Waals surface area contributed by atoms with E-state index < -0.39 is 17.2 Å². The predicted molar refractivity (Wildman–Crippen MR) is 134 cm³/mol. The van der Waals surface area contributed by atoms with Crippen LogP contribution < -0.4 is 16.8 Å². The Labute approximate surface area is 218 Å². The maximum Gasteiger partial charge on any atom is 0.248 e. The molecule has 1 saturated heterocycles. The molecule has 1 aliphatic carbocycles. The Morgan fingerprint density at radius 2 is 1.63 bits per heavy atom. The summed E-state index contributed by atoms with van der Waals surface area (Å²) in [6.07, 6.45) is 2.11. The Morgan fingerprint density at radius 3 is 2.13 bits per heavy atom. The first-order valence-electron chi connectivity index (χ1n) is 12.3. The molecule has 12 nitrogen and oxygen atoms in total. The van der Waals surface area contributed by atoms with E-state index in [2.05, 4.69) is 32.0 Å². The van der Waals surface area contributed by atoms with Crippen molar-refractivity contribution in [2.45, 2.75) is 36.8 Å². The Hall–Kier alpha value is -4.63. The van der Waals surface area contributed by atoms with Gasteiger partial charge in [-0.05, 0) is 67.1 Å². The van der Waals surface area contributed by atoms with Crippen LogP contribution in [0.15, 0.2) is 48.5 Å². The molecule has 2 fully saturated rings. The molecule has 3 aromatic rings. The Morgan fingerprint density at radius 1 is 1.03 bits per heavy atom. The lowest BCUT2D eigenvalue weighted by Crippen LogP contribution is -2.44. The first-order chi connectivity index (χ1) is 18.3. The summed E-state index contributed by atoms with van der Waals surface area (Å²) in [4.78, 5) is 38.0. The summed E-state index contributed by atoms with van der Waals surface area (Å²) in [7, 11) is 0. The van der Waals surface area contributed by atoms with Crippen molar-refractivity contribution in [3.8, 4) is 6.07 Å². The number of aromatic nitrogens is 4. The minimum atomic E-state index is -0.959. The highest BCUT2D eigenvalue weighted by Crippen LogP contribution is 2.47. The van der Waals surface area contributed by atoms with Gasteiger partial charge >= 0.3 is 0 Å². The molecule has 2 aromatic carbocycles. The van der Waals surface area contributed by atoms with Crippen molar-refractivity contribution < 1.29 is 14.4 Å². The number of carbonyl (C=O) groups excluding carboxylic acids is 3. The van der Waals surface area contributed by atoms with E-state index in [4.69, 9.17) is 11.5 Å². The van der Waals surface area contributed by atoms with Crippen LogP contribution >= 0.6 is 0 Å². The van der Waals surface area contributed by atoms with Gasteiger partial charge in [0.1, 0.15) is 6.04 Å². The van der Waals surface area contributed by atoms with E-state index in [-0.39, 0.29) is 24.5 Å². The SMILES string of the molecule is N#C[C@@H]1C[C@@H]2C[C@@H]2N1C(=O)CNCCC(c1ccc(C(N)=O)cc1)(c1ccc(C(N)=O)cc1)c1nn[nH]n1. The number of amides is 3. The van der Waals surface area contributed by atoms with Gasteiger partial charge in [-0.3, -0.25) is 14.4 Å². The number of fused-ring (bicyclic) bond motifs is 1. The number of aromatic amines is 1. The number of H-pyrrole nitrogens is 1. The number of piperidine rings is 1. The topological polar surface area (TPSA) is 197 Å². The zero-order valence-electron chi connectivity index (χ0n) is 20.5. The summed E-state index contributed by atoms with van der Waals surface area (Å²) < 4.78 is 0. The third-order valence-electron chi connectivity index (χ3n) is 7.55. The van der Waals surface area contributed by atoms with Gasteiger partial charge in [0, 0.05) is 17.2 Å². The maximum absolute atomic E-state index is 12.9. The third-order valence-corrected chi connectivity index (χ3v) is 7.55. The Kier molecular flexibility index (Phi) is 6.61. The van der Waals surface area contributed by atoms with E-state index in [1.165, 1.54) is 0 Å². The van der Waals surface area contributed by atoms with Crippen molar-refractivity contribution in [3.63, 3.8) is 0 Å². The highest BCUT2D eigenvalue weighted by Gasteiger charge is 2.53. The van der Waals surface area contributed by atoms with Gasteiger partial charge in [0.2, 0.25) is 17.7 Å². The number of hydrogen-bond donors (Lipinski definition) is 4. The largest absolute Gasteiger partial charge is 0.366 e. The van der Waals surface area contributed by atoms with E-state index >= 15 is 0 Å². The van der Waals surface area contributed by atoms with Crippen LogP contribution in [-0.2, 0) is 10.2 Å². The molecule has 0 bridgehead atoms. The monoisotopic (exact) mass is 513 g/mol. The molecule has 5 rings (SSSR count). The summed E-state index contributed by atoms with van der Waals surface area (Å²) in [5.74, 6) is -0.384.